The van der Waals surface area contributed by atoms with E-state index in [1.165, 1.54) is 17.0 Å². The smallest absolute Gasteiger partial charge is 0.151 e. The summed E-state index contributed by atoms with van der Waals surface area (Å²) in [7, 11) is 0. The fourth-order valence-corrected chi connectivity index (χ4v) is 3.35. The Hall–Kier alpha value is -1.50. The first-order valence-corrected chi connectivity index (χ1v) is 8.68. The molecule has 24 heavy (non-hydrogen) atoms. The van der Waals surface area contributed by atoms with Gasteiger partial charge in [0.25, 0.3) is 0 Å². The highest BCUT2D eigenvalue weighted by molar-refractivity contribution is 9.10. The highest BCUT2D eigenvalue weighted by Gasteiger charge is 2.23. The molecule has 3 aromatic carbocycles. The van der Waals surface area contributed by atoms with Gasteiger partial charge in [-0.3, -0.25) is 0 Å². The SMILES string of the molecule is Fc1cc(Br)cc(F)c1N(c1ccccc1S)c1ccccc1S. The maximum atomic E-state index is 14.6. The Bertz CT molecular complexity index is 833. The Kier molecular flexibility index (Phi) is 5.18. The predicted molar refractivity (Wildman–Crippen MR) is 103 cm³/mol. The van der Waals surface area contributed by atoms with Gasteiger partial charge in [0, 0.05) is 14.3 Å². The summed E-state index contributed by atoms with van der Waals surface area (Å²) in [6.45, 7) is 0. The van der Waals surface area contributed by atoms with Crippen LogP contribution >= 0.6 is 41.2 Å². The van der Waals surface area contributed by atoms with Gasteiger partial charge in [0.15, 0.2) is 11.6 Å². The van der Waals surface area contributed by atoms with E-state index >= 15 is 0 Å². The first-order chi connectivity index (χ1) is 11.5. The van der Waals surface area contributed by atoms with Crippen molar-refractivity contribution in [1.82, 2.24) is 0 Å². The predicted octanol–water partition coefficient (Wildman–Crippen LogP) is 6.77. The van der Waals surface area contributed by atoms with Gasteiger partial charge in [-0.05, 0) is 36.4 Å². The Morgan fingerprint density at radius 2 is 1.17 bits per heavy atom. The highest BCUT2D eigenvalue weighted by atomic mass is 79.9. The Labute approximate surface area is 158 Å². The van der Waals surface area contributed by atoms with E-state index in [1.807, 2.05) is 12.1 Å². The number of benzene rings is 3. The minimum atomic E-state index is -0.685. The largest absolute Gasteiger partial charge is 0.303 e. The number of halogens is 3. The van der Waals surface area contributed by atoms with Crippen LogP contribution in [0.25, 0.3) is 0 Å². The van der Waals surface area contributed by atoms with Crippen molar-refractivity contribution in [2.24, 2.45) is 0 Å². The van der Waals surface area contributed by atoms with Crippen molar-refractivity contribution in [2.45, 2.75) is 9.79 Å². The van der Waals surface area contributed by atoms with Crippen molar-refractivity contribution in [3.05, 3.63) is 76.8 Å². The number of para-hydroxylation sites is 2. The molecular formula is C18H12BrF2NS2. The fraction of sp³-hybridized carbons (Fsp3) is 0. The lowest BCUT2D eigenvalue weighted by molar-refractivity contribution is 0.584. The summed E-state index contributed by atoms with van der Waals surface area (Å²) in [5.74, 6) is -1.37. The van der Waals surface area contributed by atoms with Crippen LogP contribution in [0, 0.1) is 11.6 Å². The van der Waals surface area contributed by atoms with Crippen molar-refractivity contribution in [2.75, 3.05) is 4.90 Å². The maximum Gasteiger partial charge on any atom is 0.151 e. The summed E-state index contributed by atoms with van der Waals surface area (Å²) in [5.41, 5.74) is 0.936. The van der Waals surface area contributed by atoms with Crippen molar-refractivity contribution in [3.8, 4) is 0 Å². The molecule has 0 aliphatic heterocycles. The standard InChI is InChI=1S/C18H12BrF2NS2/c19-11-9-12(20)18(13(21)10-11)22(14-5-1-3-7-16(14)23)15-6-2-4-8-17(15)24/h1-10,23-24H. The Morgan fingerprint density at radius 3 is 1.58 bits per heavy atom. The van der Waals surface area contributed by atoms with E-state index in [0.29, 0.717) is 25.6 Å². The number of hydrogen-bond donors (Lipinski definition) is 2. The van der Waals surface area contributed by atoms with Gasteiger partial charge in [0.2, 0.25) is 0 Å². The molecule has 0 saturated carbocycles. The zero-order chi connectivity index (χ0) is 17.3. The van der Waals surface area contributed by atoms with Crippen LogP contribution in [-0.4, -0.2) is 0 Å². The number of rotatable bonds is 3. The van der Waals surface area contributed by atoms with E-state index in [1.54, 1.807) is 36.4 Å². The molecule has 3 aromatic rings. The first kappa shape index (κ1) is 17.3. The van der Waals surface area contributed by atoms with E-state index in [-0.39, 0.29) is 5.69 Å². The molecule has 0 spiro atoms. The second kappa shape index (κ2) is 7.17. The van der Waals surface area contributed by atoms with Crippen LogP contribution in [0.1, 0.15) is 0 Å². The van der Waals surface area contributed by atoms with Crippen LogP contribution in [0.3, 0.4) is 0 Å². The zero-order valence-electron chi connectivity index (χ0n) is 12.2. The van der Waals surface area contributed by atoms with Gasteiger partial charge in [-0.25, -0.2) is 8.78 Å². The third-order valence-electron chi connectivity index (χ3n) is 3.45. The van der Waals surface area contributed by atoms with E-state index in [4.69, 9.17) is 0 Å². The molecule has 0 N–H and O–H groups in total. The lowest BCUT2D eigenvalue weighted by Gasteiger charge is -2.28. The van der Waals surface area contributed by atoms with E-state index < -0.39 is 11.6 Å². The lowest BCUT2D eigenvalue weighted by atomic mass is 10.1. The van der Waals surface area contributed by atoms with Gasteiger partial charge in [0.1, 0.15) is 5.69 Å². The van der Waals surface area contributed by atoms with Gasteiger partial charge in [-0.15, -0.1) is 25.3 Å². The fourth-order valence-electron chi connectivity index (χ4n) is 2.43. The molecule has 6 heteroatoms. The molecule has 3 rings (SSSR count). The molecule has 0 bridgehead atoms. The normalized spacial score (nSPS) is 10.7. The van der Waals surface area contributed by atoms with Crippen molar-refractivity contribution < 1.29 is 8.78 Å². The summed E-state index contributed by atoms with van der Waals surface area (Å²) in [5, 5.41) is 0. The van der Waals surface area contributed by atoms with Gasteiger partial charge in [-0.1, -0.05) is 40.2 Å². The number of thiol groups is 2. The average molecular weight is 424 g/mol. The monoisotopic (exact) mass is 423 g/mol. The van der Waals surface area contributed by atoms with E-state index in [9.17, 15) is 8.78 Å². The molecule has 0 atom stereocenters. The van der Waals surface area contributed by atoms with Gasteiger partial charge in [0.05, 0.1) is 11.4 Å². The Balaban J connectivity index is 2.33. The molecule has 0 heterocycles. The van der Waals surface area contributed by atoms with E-state index in [0.717, 1.165) is 0 Å². The molecule has 0 amide bonds. The van der Waals surface area contributed by atoms with Crippen molar-refractivity contribution in [1.29, 1.82) is 0 Å². The van der Waals surface area contributed by atoms with Crippen LogP contribution in [0.5, 0.6) is 0 Å². The molecule has 0 radical (unpaired) electrons. The molecule has 0 unspecified atom stereocenters. The van der Waals surface area contributed by atoms with Crippen LogP contribution in [0.4, 0.5) is 25.8 Å². The van der Waals surface area contributed by atoms with E-state index in [2.05, 4.69) is 41.2 Å². The molecule has 0 fully saturated rings. The maximum absolute atomic E-state index is 14.6. The quantitative estimate of drug-likeness (QED) is 0.439. The van der Waals surface area contributed by atoms with Gasteiger partial charge in [-0.2, -0.15) is 0 Å². The molecular weight excluding hydrogens is 412 g/mol. The summed E-state index contributed by atoms with van der Waals surface area (Å²) >= 11 is 12.0. The minimum absolute atomic E-state index is 0.179. The number of nitrogens with zero attached hydrogens (tertiary/aromatic N) is 1. The van der Waals surface area contributed by atoms with Gasteiger partial charge < -0.3 is 4.90 Å². The summed E-state index contributed by atoms with van der Waals surface area (Å²) in [4.78, 5) is 2.67. The average Bonchev–Trinajstić information content (AvgIpc) is 2.52. The zero-order valence-corrected chi connectivity index (χ0v) is 15.6. The third-order valence-corrected chi connectivity index (χ3v) is 4.66. The summed E-state index contributed by atoms with van der Waals surface area (Å²) in [6.07, 6.45) is 0. The molecule has 0 aromatic heterocycles. The second-order valence-corrected chi connectivity index (χ2v) is 6.91. The van der Waals surface area contributed by atoms with Crippen LogP contribution in [0.15, 0.2) is 74.9 Å². The topological polar surface area (TPSA) is 3.24 Å². The molecule has 122 valence electrons. The molecule has 0 aliphatic rings. The third kappa shape index (κ3) is 3.31. The number of hydrogen-bond acceptors (Lipinski definition) is 3. The van der Waals surface area contributed by atoms with Gasteiger partial charge >= 0.3 is 0 Å². The molecule has 1 nitrogen and oxygen atoms in total. The Morgan fingerprint density at radius 1 is 0.750 bits per heavy atom. The van der Waals surface area contributed by atoms with Crippen LogP contribution in [-0.2, 0) is 0 Å². The minimum Gasteiger partial charge on any atom is -0.303 e. The van der Waals surface area contributed by atoms with Crippen LogP contribution in [0.2, 0.25) is 0 Å². The first-order valence-electron chi connectivity index (χ1n) is 6.99. The van der Waals surface area contributed by atoms with Crippen molar-refractivity contribution >= 4 is 58.2 Å². The summed E-state index contributed by atoms with van der Waals surface area (Å²) < 4.78 is 29.6. The number of anilines is 3. The van der Waals surface area contributed by atoms with Crippen molar-refractivity contribution in [3.63, 3.8) is 0 Å². The molecule has 0 saturated heterocycles. The second-order valence-electron chi connectivity index (χ2n) is 5.03. The highest BCUT2D eigenvalue weighted by Crippen LogP contribution is 2.43. The lowest BCUT2D eigenvalue weighted by Crippen LogP contribution is -2.15. The molecule has 0 aliphatic carbocycles. The van der Waals surface area contributed by atoms with Crippen LogP contribution < -0.4 is 4.90 Å². The summed E-state index contributed by atoms with van der Waals surface area (Å²) in [6, 6.07) is 16.7.